The number of esters is 1. The number of aromatic hydroxyl groups is 1. The molecule has 0 bridgehead atoms. The van der Waals surface area contributed by atoms with Gasteiger partial charge in [-0.25, -0.2) is 4.39 Å². The van der Waals surface area contributed by atoms with Crippen LogP contribution in [-0.2, 0) is 22.6 Å². The number of hydrogen-bond donors (Lipinski definition) is 1. The Labute approximate surface area is 170 Å². The van der Waals surface area contributed by atoms with Crippen LogP contribution in [-0.4, -0.2) is 17.7 Å². The van der Waals surface area contributed by atoms with Crippen molar-refractivity contribution >= 4 is 5.97 Å². The second-order valence-corrected chi connectivity index (χ2v) is 7.01. The largest absolute Gasteiger partial charge is 0.508 e. The minimum atomic E-state index is -0.484. The van der Waals surface area contributed by atoms with Crippen LogP contribution in [0.3, 0.4) is 0 Å². The Bertz CT molecular complexity index is 1010. The van der Waals surface area contributed by atoms with Crippen LogP contribution in [0.4, 0.5) is 4.39 Å². The van der Waals surface area contributed by atoms with Gasteiger partial charge in [0.05, 0.1) is 6.61 Å². The molecule has 0 aliphatic heterocycles. The standard InChI is InChI=1S/C25H25FO3/c1-3-29-25(28)12-8-21-15-22(27)9-11-24(21)20-7-10-23(17(2)13-20)19-6-4-5-18(14-19)16-26/h4-7,9-11,13-15,27H,3,8,12,16H2,1-2H3. The second kappa shape index (κ2) is 9.37. The highest BCUT2D eigenvalue weighted by Gasteiger charge is 2.12. The summed E-state index contributed by atoms with van der Waals surface area (Å²) in [5.41, 5.74) is 6.64. The molecule has 3 nitrogen and oxygen atoms in total. The zero-order chi connectivity index (χ0) is 20.8. The van der Waals surface area contributed by atoms with E-state index in [-0.39, 0.29) is 18.1 Å². The lowest BCUT2D eigenvalue weighted by molar-refractivity contribution is -0.143. The number of carbonyl (C=O) groups excluding carboxylic acids is 1. The summed E-state index contributed by atoms with van der Waals surface area (Å²) in [5.74, 6) is -0.0787. The first-order valence-corrected chi connectivity index (χ1v) is 9.75. The Hall–Kier alpha value is -3.14. The lowest BCUT2D eigenvalue weighted by atomic mass is 9.92. The first kappa shape index (κ1) is 20.6. The molecule has 0 atom stereocenters. The number of alkyl halides is 1. The maximum absolute atomic E-state index is 13.0. The Morgan fingerprint density at radius 2 is 1.76 bits per heavy atom. The molecule has 0 unspecified atom stereocenters. The second-order valence-electron chi connectivity index (χ2n) is 7.01. The predicted molar refractivity (Wildman–Crippen MR) is 113 cm³/mol. The normalized spacial score (nSPS) is 10.7. The number of phenolic OH excluding ortho intramolecular Hbond substituents is 1. The van der Waals surface area contributed by atoms with Crippen molar-refractivity contribution in [3.05, 3.63) is 77.4 Å². The van der Waals surface area contributed by atoms with E-state index >= 15 is 0 Å². The number of halogens is 1. The fourth-order valence-electron chi connectivity index (χ4n) is 3.52. The van der Waals surface area contributed by atoms with E-state index in [0.717, 1.165) is 33.4 Å². The summed E-state index contributed by atoms with van der Waals surface area (Å²) in [6.45, 7) is 3.68. The van der Waals surface area contributed by atoms with E-state index in [1.54, 1.807) is 25.1 Å². The minimum absolute atomic E-state index is 0.170. The molecule has 0 fully saturated rings. The molecule has 3 aromatic carbocycles. The van der Waals surface area contributed by atoms with E-state index in [2.05, 4.69) is 6.07 Å². The van der Waals surface area contributed by atoms with Crippen molar-refractivity contribution in [2.45, 2.75) is 33.4 Å². The van der Waals surface area contributed by atoms with Crippen molar-refractivity contribution in [2.24, 2.45) is 0 Å². The van der Waals surface area contributed by atoms with Gasteiger partial charge in [-0.3, -0.25) is 4.79 Å². The number of carbonyl (C=O) groups is 1. The van der Waals surface area contributed by atoms with Crippen molar-refractivity contribution in [3.8, 4) is 28.0 Å². The van der Waals surface area contributed by atoms with Crippen LogP contribution in [0.25, 0.3) is 22.3 Å². The summed E-state index contributed by atoms with van der Waals surface area (Å²) >= 11 is 0. The van der Waals surface area contributed by atoms with E-state index in [0.29, 0.717) is 18.6 Å². The lowest BCUT2D eigenvalue weighted by Crippen LogP contribution is -2.05. The molecule has 0 saturated heterocycles. The molecular formula is C25H25FO3. The van der Waals surface area contributed by atoms with Gasteiger partial charge >= 0.3 is 5.97 Å². The van der Waals surface area contributed by atoms with Gasteiger partial charge in [0, 0.05) is 6.42 Å². The van der Waals surface area contributed by atoms with Crippen LogP contribution in [0.2, 0.25) is 0 Å². The Kier molecular flexibility index (Phi) is 6.65. The topological polar surface area (TPSA) is 46.5 Å². The van der Waals surface area contributed by atoms with Crippen LogP contribution in [0, 0.1) is 6.92 Å². The third-order valence-electron chi connectivity index (χ3n) is 4.92. The molecule has 1 N–H and O–H groups in total. The lowest BCUT2D eigenvalue weighted by Gasteiger charge is -2.14. The minimum Gasteiger partial charge on any atom is -0.508 e. The summed E-state index contributed by atoms with van der Waals surface area (Å²) in [6.07, 6.45) is 0.749. The molecular weight excluding hydrogens is 367 g/mol. The molecule has 150 valence electrons. The van der Waals surface area contributed by atoms with E-state index in [4.69, 9.17) is 4.74 Å². The number of aryl methyl sites for hydroxylation is 2. The van der Waals surface area contributed by atoms with Gasteiger partial charge in [-0.1, -0.05) is 42.5 Å². The smallest absolute Gasteiger partial charge is 0.306 e. The van der Waals surface area contributed by atoms with Crippen molar-refractivity contribution in [1.29, 1.82) is 0 Å². The number of benzene rings is 3. The molecule has 4 heteroatoms. The van der Waals surface area contributed by atoms with Gasteiger partial charge < -0.3 is 9.84 Å². The maximum atomic E-state index is 13.0. The average molecular weight is 392 g/mol. The molecule has 0 aliphatic rings. The van der Waals surface area contributed by atoms with E-state index in [9.17, 15) is 14.3 Å². The van der Waals surface area contributed by atoms with Crippen molar-refractivity contribution in [3.63, 3.8) is 0 Å². The average Bonchev–Trinajstić information content (AvgIpc) is 2.72. The van der Waals surface area contributed by atoms with E-state index in [1.807, 2.05) is 43.3 Å². The monoisotopic (exact) mass is 392 g/mol. The predicted octanol–water partition coefficient (Wildman–Crippen LogP) is 6.00. The Balaban J connectivity index is 1.92. The van der Waals surface area contributed by atoms with Crippen LogP contribution in [0.5, 0.6) is 5.75 Å². The van der Waals surface area contributed by atoms with E-state index < -0.39 is 6.67 Å². The Morgan fingerprint density at radius 3 is 2.48 bits per heavy atom. The molecule has 0 aliphatic carbocycles. The summed E-state index contributed by atoms with van der Waals surface area (Å²) in [7, 11) is 0. The Morgan fingerprint density at radius 1 is 1.00 bits per heavy atom. The highest BCUT2D eigenvalue weighted by molar-refractivity contribution is 5.76. The van der Waals surface area contributed by atoms with Crippen LogP contribution >= 0.6 is 0 Å². The number of hydrogen-bond acceptors (Lipinski definition) is 3. The van der Waals surface area contributed by atoms with Gasteiger partial charge in [-0.05, 0) is 77.4 Å². The van der Waals surface area contributed by atoms with E-state index in [1.165, 1.54) is 0 Å². The summed E-state index contributed by atoms with van der Waals surface area (Å²) < 4.78 is 18.0. The molecule has 0 heterocycles. The van der Waals surface area contributed by atoms with Crippen LogP contribution < -0.4 is 0 Å². The molecule has 0 amide bonds. The molecule has 3 rings (SSSR count). The third kappa shape index (κ3) is 5.02. The van der Waals surface area contributed by atoms with Gasteiger partial charge in [0.1, 0.15) is 12.4 Å². The number of ether oxygens (including phenoxy) is 1. The SMILES string of the molecule is CCOC(=O)CCc1cc(O)ccc1-c1ccc(-c2cccc(CF)c2)c(C)c1. The van der Waals surface area contributed by atoms with Gasteiger partial charge in [-0.15, -0.1) is 0 Å². The van der Waals surface area contributed by atoms with Gasteiger partial charge in [-0.2, -0.15) is 0 Å². The molecule has 0 spiro atoms. The molecule has 0 radical (unpaired) electrons. The van der Waals surface area contributed by atoms with Crippen molar-refractivity contribution < 1.29 is 19.0 Å². The van der Waals surface area contributed by atoms with Gasteiger partial charge in [0.25, 0.3) is 0 Å². The van der Waals surface area contributed by atoms with Gasteiger partial charge in [0.2, 0.25) is 0 Å². The molecule has 0 aromatic heterocycles. The maximum Gasteiger partial charge on any atom is 0.306 e. The van der Waals surface area contributed by atoms with Crippen molar-refractivity contribution in [1.82, 2.24) is 0 Å². The first-order valence-electron chi connectivity index (χ1n) is 9.75. The highest BCUT2D eigenvalue weighted by Crippen LogP contribution is 2.32. The fraction of sp³-hybridized carbons (Fsp3) is 0.240. The number of phenols is 1. The summed E-state index contributed by atoms with van der Waals surface area (Å²) in [6, 6.07) is 18.8. The quantitative estimate of drug-likeness (QED) is 0.502. The van der Waals surface area contributed by atoms with Crippen LogP contribution in [0.15, 0.2) is 60.7 Å². The zero-order valence-corrected chi connectivity index (χ0v) is 16.7. The molecule has 3 aromatic rings. The van der Waals surface area contributed by atoms with Gasteiger partial charge in [0.15, 0.2) is 0 Å². The van der Waals surface area contributed by atoms with Crippen LogP contribution in [0.1, 0.15) is 30.0 Å². The molecule has 0 saturated carbocycles. The fourth-order valence-corrected chi connectivity index (χ4v) is 3.52. The number of rotatable bonds is 7. The highest BCUT2D eigenvalue weighted by atomic mass is 19.1. The molecule has 29 heavy (non-hydrogen) atoms. The zero-order valence-electron chi connectivity index (χ0n) is 16.7. The first-order chi connectivity index (χ1) is 14.0. The summed E-state index contributed by atoms with van der Waals surface area (Å²) in [5, 5.41) is 9.90. The third-order valence-corrected chi connectivity index (χ3v) is 4.92. The van der Waals surface area contributed by atoms with Crippen molar-refractivity contribution in [2.75, 3.05) is 6.61 Å². The summed E-state index contributed by atoms with van der Waals surface area (Å²) in [4.78, 5) is 11.7.